The van der Waals surface area contributed by atoms with Crippen LogP contribution in [0.5, 0.6) is 5.75 Å². The van der Waals surface area contributed by atoms with Gasteiger partial charge >= 0.3 is 0 Å². The predicted octanol–water partition coefficient (Wildman–Crippen LogP) is 2.65. The molecule has 126 valence electrons. The molecule has 6 heteroatoms. The van der Waals surface area contributed by atoms with E-state index in [4.69, 9.17) is 10.00 Å². The molecule has 0 aliphatic carbocycles. The third-order valence-electron chi connectivity index (χ3n) is 3.86. The zero-order valence-corrected chi connectivity index (χ0v) is 13.5. The van der Waals surface area contributed by atoms with E-state index >= 15 is 0 Å². The van der Waals surface area contributed by atoms with Crippen molar-refractivity contribution in [1.29, 1.82) is 5.26 Å². The van der Waals surface area contributed by atoms with Crippen LogP contribution in [0.1, 0.15) is 17.5 Å². The lowest BCUT2D eigenvalue weighted by Crippen LogP contribution is -2.21. The van der Waals surface area contributed by atoms with Crippen LogP contribution in [0.4, 0.5) is 11.4 Å². The largest absolute Gasteiger partial charge is 0.484 e. The number of nitrogens with one attached hydrogen (secondary N) is 2. The van der Waals surface area contributed by atoms with Gasteiger partial charge in [0.2, 0.25) is 5.91 Å². The number of hydrogen-bond donors (Lipinski definition) is 2. The summed E-state index contributed by atoms with van der Waals surface area (Å²) in [6.07, 6.45) is 1.47. The average molecular weight is 335 g/mol. The fraction of sp³-hybridized carbons (Fsp3) is 0.211. The number of nitrogens with zero attached hydrogens (tertiary/aromatic N) is 1. The normalized spacial score (nSPS) is 12.5. The second kappa shape index (κ2) is 7.49. The van der Waals surface area contributed by atoms with Gasteiger partial charge in [-0.15, -0.1) is 0 Å². The lowest BCUT2D eigenvalue weighted by molar-refractivity contribution is -0.118. The number of fused-ring (bicyclic) bond motifs is 1. The molecule has 2 aromatic rings. The highest BCUT2D eigenvalue weighted by atomic mass is 16.5. The molecule has 0 fully saturated rings. The van der Waals surface area contributed by atoms with Gasteiger partial charge in [0, 0.05) is 17.8 Å². The minimum Gasteiger partial charge on any atom is -0.484 e. The number of nitriles is 1. The Hall–Kier alpha value is -3.33. The Labute approximate surface area is 145 Å². The highest BCUT2D eigenvalue weighted by Crippen LogP contribution is 2.26. The smallest absolute Gasteiger partial charge is 0.262 e. The van der Waals surface area contributed by atoms with E-state index in [1.807, 2.05) is 6.07 Å². The third kappa shape index (κ3) is 4.36. The maximum absolute atomic E-state index is 12.0. The molecule has 3 rings (SSSR count). The quantitative estimate of drug-likeness (QED) is 0.879. The maximum Gasteiger partial charge on any atom is 0.262 e. The van der Waals surface area contributed by atoms with Gasteiger partial charge in [-0.3, -0.25) is 9.59 Å². The van der Waals surface area contributed by atoms with E-state index in [9.17, 15) is 9.59 Å². The third-order valence-corrected chi connectivity index (χ3v) is 3.86. The number of anilines is 2. The highest BCUT2D eigenvalue weighted by molar-refractivity contribution is 5.94. The van der Waals surface area contributed by atoms with Crippen molar-refractivity contribution in [2.75, 3.05) is 17.2 Å². The van der Waals surface area contributed by atoms with Gasteiger partial charge in [0.1, 0.15) is 5.75 Å². The summed E-state index contributed by atoms with van der Waals surface area (Å²) in [5, 5.41) is 14.2. The van der Waals surface area contributed by atoms with Crippen LogP contribution in [0.25, 0.3) is 0 Å². The summed E-state index contributed by atoms with van der Waals surface area (Å²) < 4.78 is 5.53. The zero-order chi connectivity index (χ0) is 17.6. The molecule has 0 unspecified atom stereocenters. The van der Waals surface area contributed by atoms with Crippen LogP contribution < -0.4 is 15.4 Å². The molecule has 2 amide bonds. The summed E-state index contributed by atoms with van der Waals surface area (Å²) in [6, 6.07) is 14.6. The molecule has 25 heavy (non-hydrogen) atoms. The van der Waals surface area contributed by atoms with E-state index in [1.165, 1.54) is 0 Å². The van der Waals surface area contributed by atoms with E-state index in [-0.39, 0.29) is 18.4 Å². The van der Waals surface area contributed by atoms with E-state index in [2.05, 4.69) is 16.7 Å². The highest BCUT2D eigenvalue weighted by Gasteiger charge is 2.15. The van der Waals surface area contributed by atoms with Crippen molar-refractivity contribution >= 4 is 23.2 Å². The number of hydrogen-bond acceptors (Lipinski definition) is 4. The second-order valence-electron chi connectivity index (χ2n) is 5.74. The lowest BCUT2D eigenvalue weighted by atomic mass is 10.0. The second-order valence-corrected chi connectivity index (χ2v) is 5.74. The van der Waals surface area contributed by atoms with Crippen LogP contribution >= 0.6 is 0 Å². The maximum atomic E-state index is 12.0. The fourth-order valence-electron chi connectivity index (χ4n) is 2.59. The van der Waals surface area contributed by atoms with Gasteiger partial charge in [-0.2, -0.15) is 5.26 Å². The first kappa shape index (κ1) is 16.5. The van der Waals surface area contributed by atoms with Crippen LogP contribution in [-0.2, 0) is 22.4 Å². The standard InChI is InChI=1S/C19H17N3O3/c20-10-9-13-1-4-15(5-2-13)21-19(24)12-25-16-6-7-17-14(11-16)3-8-18(23)22-17/h1-2,4-7,11H,3,8-9,12H2,(H,21,24)(H,22,23). The molecule has 6 nitrogen and oxygen atoms in total. The van der Waals surface area contributed by atoms with Gasteiger partial charge in [-0.1, -0.05) is 12.1 Å². The number of ether oxygens (including phenoxy) is 1. The fourth-order valence-corrected chi connectivity index (χ4v) is 2.59. The number of rotatable bonds is 5. The van der Waals surface area contributed by atoms with E-state index < -0.39 is 0 Å². The Bertz CT molecular complexity index is 838. The van der Waals surface area contributed by atoms with E-state index in [0.717, 1.165) is 16.8 Å². The summed E-state index contributed by atoms with van der Waals surface area (Å²) >= 11 is 0. The number of benzene rings is 2. The minimum absolute atomic E-state index is 0.0151. The monoisotopic (exact) mass is 335 g/mol. The number of amides is 2. The first-order valence-corrected chi connectivity index (χ1v) is 7.95. The van der Waals surface area contributed by atoms with Crippen molar-refractivity contribution in [3.8, 4) is 11.8 Å². The molecule has 0 saturated carbocycles. The van der Waals surface area contributed by atoms with Crippen molar-refractivity contribution in [3.63, 3.8) is 0 Å². The molecule has 1 aliphatic heterocycles. The zero-order valence-electron chi connectivity index (χ0n) is 13.5. The molecule has 1 heterocycles. The molecule has 0 bridgehead atoms. The minimum atomic E-state index is -0.265. The van der Waals surface area contributed by atoms with Crippen LogP contribution in [0.3, 0.4) is 0 Å². The summed E-state index contributed by atoms with van der Waals surface area (Å²) in [5.74, 6) is 0.342. The molecule has 2 aromatic carbocycles. The molecular weight excluding hydrogens is 318 g/mol. The Morgan fingerprint density at radius 3 is 2.76 bits per heavy atom. The molecule has 2 N–H and O–H groups in total. The summed E-state index contributed by atoms with van der Waals surface area (Å²) in [7, 11) is 0. The van der Waals surface area contributed by atoms with Gasteiger partial charge < -0.3 is 15.4 Å². The number of carbonyl (C=O) groups excluding carboxylic acids is 2. The topological polar surface area (TPSA) is 91.2 Å². The van der Waals surface area contributed by atoms with Crippen molar-refractivity contribution in [2.45, 2.75) is 19.3 Å². The van der Waals surface area contributed by atoms with Gasteiger partial charge in [0.05, 0.1) is 12.5 Å². The van der Waals surface area contributed by atoms with E-state index in [1.54, 1.807) is 36.4 Å². The molecule has 0 atom stereocenters. The molecular formula is C19H17N3O3. The van der Waals surface area contributed by atoms with Gasteiger partial charge in [-0.05, 0) is 47.9 Å². The first-order chi connectivity index (χ1) is 12.1. The molecule has 0 aromatic heterocycles. The Morgan fingerprint density at radius 1 is 1.20 bits per heavy atom. The SMILES string of the molecule is N#CCc1ccc(NC(=O)COc2ccc3c(c2)CCC(=O)N3)cc1. The molecule has 0 radical (unpaired) electrons. The Kier molecular flexibility index (Phi) is 4.95. The summed E-state index contributed by atoms with van der Waals surface area (Å²) in [6.45, 7) is -0.106. The lowest BCUT2D eigenvalue weighted by Gasteiger charge is -2.17. The van der Waals surface area contributed by atoms with E-state index in [0.29, 0.717) is 30.7 Å². The molecule has 0 saturated heterocycles. The van der Waals surface area contributed by atoms with Crippen molar-refractivity contribution in [3.05, 3.63) is 53.6 Å². The van der Waals surface area contributed by atoms with Gasteiger partial charge in [-0.25, -0.2) is 0 Å². The van der Waals surface area contributed by atoms with Crippen molar-refractivity contribution in [2.24, 2.45) is 0 Å². The summed E-state index contributed by atoms with van der Waals surface area (Å²) in [5.41, 5.74) is 3.36. The van der Waals surface area contributed by atoms with Gasteiger partial charge in [0.25, 0.3) is 5.91 Å². The van der Waals surface area contributed by atoms with Crippen LogP contribution in [0.15, 0.2) is 42.5 Å². The first-order valence-electron chi connectivity index (χ1n) is 7.95. The Balaban J connectivity index is 1.54. The van der Waals surface area contributed by atoms with Crippen molar-refractivity contribution < 1.29 is 14.3 Å². The van der Waals surface area contributed by atoms with Crippen LogP contribution in [0.2, 0.25) is 0 Å². The van der Waals surface area contributed by atoms with Crippen molar-refractivity contribution in [1.82, 2.24) is 0 Å². The summed E-state index contributed by atoms with van der Waals surface area (Å²) in [4.78, 5) is 23.3. The number of aryl methyl sites for hydroxylation is 1. The Morgan fingerprint density at radius 2 is 2.00 bits per heavy atom. The number of carbonyl (C=O) groups is 2. The molecule has 0 spiro atoms. The molecule has 1 aliphatic rings. The predicted molar refractivity (Wildman–Crippen MR) is 93.3 cm³/mol. The van der Waals surface area contributed by atoms with Gasteiger partial charge in [0.15, 0.2) is 6.61 Å². The average Bonchev–Trinajstić information content (AvgIpc) is 2.62. The van der Waals surface area contributed by atoms with Crippen LogP contribution in [0, 0.1) is 11.3 Å². The van der Waals surface area contributed by atoms with Crippen LogP contribution in [-0.4, -0.2) is 18.4 Å².